The number of aromatic hydroxyl groups is 6. The molecule has 5 unspecified atom stereocenters. The Labute approximate surface area is 652 Å². The van der Waals surface area contributed by atoms with Gasteiger partial charge in [-0.15, -0.1) is 43.6 Å². The molecule has 0 radical (unpaired) electrons. The van der Waals surface area contributed by atoms with Crippen molar-refractivity contribution in [1.29, 1.82) is 0 Å². The summed E-state index contributed by atoms with van der Waals surface area (Å²) in [5, 5.41) is 106. The van der Waals surface area contributed by atoms with Crippen molar-refractivity contribution in [2.75, 3.05) is 11.9 Å². The molecule has 1 saturated heterocycles. The molecule has 1 aromatic heterocycles. The maximum absolute atomic E-state index is 12.7. The number of aryl methyl sites for hydroxylation is 3. The Morgan fingerprint density at radius 2 is 0.991 bits per heavy atom. The number of ketones is 2. The van der Waals surface area contributed by atoms with Crippen LogP contribution in [0.15, 0.2) is 115 Å². The number of aromatic nitrogens is 3. The summed E-state index contributed by atoms with van der Waals surface area (Å²) in [5.41, 5.74) is 12.1. The Bertz CT molecular complexity index is 4900. The van der Waals surface area contributed by atoms with E-state index >= 15 is 0 Å². The lowest BCUT2D eigenvalue weighted by atomic mass is 9.96. The fraction of sp³-hybridized carbons (Fsp3) is 0.261. The van der Waals surface area contributed by atoms with Gasteiger partial charge in [0.05, 0.1) is 12.8 Å². The summed E-state index contributed by atoms with van der Waals surface area (Å²) in [4.78, 5) is 36.0. The van der Waals surface area contributed by atoms with E-state index in [2.05, 4.69) is 124 Å². The molecule has 560 valence electrons. The van der Waals surface area contributed by atoms with E-state index in [1.807, 2.05) is 65.0 Å². The summed E-state index contributed by atoms with van der Waals surface area (Å²) >= 11 is 8.63. The van der Waals surface area contributed by atoms with Crippen molar-refractivity contribution >= 4 is 52.7 Å². The molecule has 8 aromatic rings. The van der Waals surface area contributed by atoms with Gasteiger partial charge < -0.3 is 60.2 Å². The number of alkyl halides is 1. The second-order valence-corrected chi connectivity index (χ2v) is 30.8. The van der Waals surface area contributed by atoms with E-state index in [0.29, 0.717) is 46.4 Å². The van der Waals surface area contributed by atoms with Gasteiger partial charge in [-0.25, -0.2) is 4.68 Å². The molecule has 2 heterocycles. The molecule has 1 aliphatic rings. The predicted octanol–water partition coefficient (Wildman–Crippen LogP) is 13.3. The van der Waals surface area contributed by atoms with E-state index in [0.717, 1.165) is 117 Å². The summed E-state index contributed by atoms with van der Waals surface area (Å²) in [7, 11) is -1.66. The molecular formula is C88H85BrClN3O15Si. The highest BCUT2D eigenvalue weighted by molar-refractivity contribution is 9.09. The minimum absolute atomic E-state index is 0.0422. The number of nitrogens with zero attached hydrogens (tertiary/aromatic N) is 3. The first-order valence-corrected chi connectivity index (χ1v) is 38.9. The molecule has 18 nitrogen and oxygen atoms in total. The number of carbonyl (C=O) groups is 3. The average Bonchev–Trinajstić information content (AvgIpc) is 1.76. The Balaban J connectivity index is 0.000000307. The first kappa shape index (κ1) is 89.5. The number of carbonyl (C=O) groups excluding carboxylic acids is 3. The number of phenols is 6. The molecule has 7 aromatic carbocycles. The minimum atomic E-state index is -1.66. The first-order chi connectivity index (χ1) is 51.8. The molecular weight excluding hydrogens is 1480 g/mol. The number of benzene rings is 7. The van der Waals surface area contributed by atoms with Gasteiger partial charge in [0.15, 0.2) is 46.5 Å². The quantitative estimate of drug-likeness (QED) is 0.0121. The number of halogens is 2. The zero-order chi connectivity index (χ0) is 81.2. The monoisotopic (exact) mass is 1570 g/mol. The van der Waals surface area contributed by atoms with Crippen molar-refractivity contribution in [2.45, 2.75) is 137 Å². The molecule has 0 spiro atoms. The third-order valence-corrected chi connectivity index (χ3v) is 16.4. The van der Waals surface area contributed by atoms with Gasteiger partial charge in [0, 0.05) is 96.9 Å². The number of phenolic OH excluding ortho intramolecular Hbond substituents is 6. The lowest BCUT2D eigenvalue weighted by Gasteiger charge is -2.39. The molecule has 1 fully saturated rings. The Morgan fingerprint density at radius 3 is 1.40 bits per heavy atom. The largest absolute Gasteiger partial charge is 0.544 e. The normalized spacial score (nSPS) is 14.1. The van der Waals surface area contributed by atoms with Crippen LogP contribution in [0.3, 0.4) is 0 Å². The maximum atomic E-state index is 12.7. The Kier molecular flexibility index (Phi) is 36.4. The minimum Gasteiger partial charge on any atom is -0.544 e. The Hall–Kier alpha value is -11.9. The highest BCUT2D eigenvalue weighted by Gasteiger charge is 2.45. The van der Waals surface area contributed by atoms with Crippen LogP contribution in [0.5, 0.6) is 40.2 Å². The third kappa shape index (κ3) is 28.1. The average molecular weight is 1570 g/mol. The SMILES string of the molecule is C#Cc1cc(C#C)cc(C#C)c1.C#Cc1cc(C#C)cc(C#CCC)c1.C#Cc1cc(C#CCC)cc(C#CC(=O)c2cc(O)c(O)c(O)c2)c1.CCBr.CCCCc1cc(CCC(=O)c2cc(O)c(O)c(O)c2)cc(-c2cn(C3OC(CO)C(O)C(O)C3O)nn2)c1.Cc1cc(C(=O)Cl)cc(O[Si](C)(C)C)c1C. The molecule has 0 saturated carbocycles. The lowest BCUT2D eigenvalue weighted by molar-refractivity contribution is -0.254. The fourth-order valence-electron chi connectivity index (χ4n) is 9.87. The van der Waals surface area contributed by atoms with Crippen molar-refractivity contribution in [3.05, 3.63) is 204 Å². The standard InChI is InChI=1S/C27H33N3O9.C21H14O4.C14H10.C12H17ClO2Si.C12H6.C2H5Br/c1-2-3-4-14-7-15(5-6-19(32)17-10-20(33)23(35)21(34)11-17)9-16(8-14)18-12-30(29-28-18)27-26(38)25(37)24(36)22(13-31)39-27;1-3-5-6-15-9-14(4-2)10-16(11-15)7-8-18(22)17-12-19(23)21(25)20(24)13-17;1-4-7-8-14-10-12(5-2)9-13(6-3)11-14;1-8-6-10(12(13)14)7-11(9(8)2)15-16(3,4)5;1-4-10-7-11(5-2)9-12(6-3)8-10;1-2-3/h7-12,22,24-27,31,33-38H,2-6,13H2,1H3;2,9-13,23-25H,3H2,1H3;2-3,9-11H,4H2,1H3;6-7H,1-5H3;1-3,7-9H;2H2,1H3. The second kappa shape index (κ2) is 44.3. The molecule has 0 bridgehead atoms. The maximum Gasteiger partial charge on any atom is 0.252 e. The molecule has 1 aliphatic heterocycles. The van der Waals surface area contributed by atoms with Gasteiger partial charge in [-0.2, -0.15) is 0 Å². The number of aliphatic hydroxyl groups is 4. The molecule has 9 rings (SSSR count). The van der Waals surface area contributed by atoms with Crippen LogP contribution in [0.25, 0.3) is 11.3 Å². The zero-order valence-electron chi connectivity index (χ0n) is 61.8. The van der Waals surface area contributed by atoms with Crippen LogP contribution in [0.1, 0.15) is 169 Å². The van der Waals surface area contributed by atoms with Crippen LogP contribution >= 0.6 is 27.5 Å². The molecule has 0 aliphatic carbocycles. The Morgan fingerprint density at radius 1 is 0.569 bits per heavy atom. The number of terminal acetylenes is 6. The smallest absolute Gasteiger partial charge is 0.252 e. The van der Waals surface area contributed by atoms with Crippen LogP contribution < -0.4 is 4.43 Å². The summed E-state index contributed by atoms with van der Waals surface area (Å²) in [6.07, 6.45) is 31.1. The molecule has 5 atom stereocenters. The zero-order valence-corrected chi connectivity index (χ0v) is 65.1. The number of hydrogen-bond donors (Lipinski definition) is 10. The van der Waals surface area contributed by atoms with Gasteiger partial charge in [-0.1, -0.05) is 126 Å². The molecule has 10 N–H and O–H groups in total. The fourth-order valence-corrected chi connectivity index (χ4v) is 10.9. The molecule has 21 heteroatoms. The summed E-state index contributed by atoms with van der Waals surface area (Å²) < 4.78 is 12.7. The van der Waals surface area contributed by atoms with E-state index in [-0.39, 0.29) is 23.3 Å². The summed E-state index contributed by atoms with van der Waals surface area (Å²) in [6, 6.07) is 29.5. The van der Waals surface area contributed by atoms with E-state index in [4.69, 9.17) is 59.3 Å². The molecule has 0 amide bonds. The number of ether oxygens (including phenoxy) is 1. The number of rotatable bonds is 14. The van der Waals surface area contributed by atoms with Crippen LogP contribution in [0, 0.1) is 123 Å². The lowest BCUT2D eigenvalue weighted by Crippen LogP contribution is -2.56. The van der Waals surface area contributed by atoms with Gasteiger partial charge >= 0.3 is 0 Å². The summed E-state index contributed by atoms with van der Waals surface area (Å²) in [5.74, 6) is 28.2. The van der Waals surface area contributed by atoms with Crippen molar-refractivity contribution in [2.24, 2.45) is 0 Å². The van der Waals surface area contributed by atoms with E-state index in [1.54, 1.807) is 54.6 Å². The van der Waals surface area contributed by atoms with Crippen molar-refractivity contribution in [1.82, 2.24) is 15.0 Å². The van der Waals surface area contributed by atoms with Crippen molar-refractivity contribution in [3.8, 4) is 161 Å². The first-order valence-electron chi connectivity index (χ1n) is 34.0. The van der Waals surface area contributed by atoms with Crippen LogP contribution in [-0.4, -0.2) is 128 Å². The summed E-state index contributed by atoms with van der Waals surface area (Å²) in [6.45, 7) is 17.8. The van der Waals surface area contributed by atoms with Crippen LogP contribution in [-0.2, 0) is 17.6 Å². The van der Waals surface area contributed by atoms with Gasteiger partial charge in [-0.3, -0.25) is 14.4 Å². The number of aliphatic hydroxyl groups excluding tert-OH is 4. The van der Waals surface area contributed by atoms with E-state index in [9.17, 15) is 65.4 Å². The van der Waals surface area contributed by atoms with Gasteiger partial charge in [-0.05, 0) is 196 Å². The highest BCUT2D eigenvalue weighted by atomic mass is 79.9. The second-order valence-electron chi connectivity index (χ2n) is 24.9. The van der Waals surface area contributed by atoms with Gasteiger partial charge in [0.1, 0.15) is 35.9 Å². The van der Waals surface area contributed by atoms with Gasteiger partial charge in [0.25, 0.3) is 5.24 Å². The number of Topliss-reactive ketones (excluding diaryl/α,β-unsaturated/α-hetero) is 2. The predicted molar refractivity (Wildman–Crippen MR) is 431 cm³/mol. The van der Waals surface area contributed by atoms with Crippen molar-refractivity contribution in [3.63, 3.8) is 0 Å². The molecule has 109 heavy (non-hydrogen) atoms. The van der Waals surface area contributed by atoms with Crippen LogP contribution in [0.2, 0.25) is 19.6 Å². The van der Waals surface area contributed by atoms with E-state index < -0.39 is 91.1 Å². The third-order valence-electron chi connectivity index (χ3n) is 15.4. The van der Waals surface area contributed by atoms with Gasteiger partial charge in [0.2, 0.25) is 14.1 Å². The highest BCUT2D eigenvalue weighted by Crippen LogP contribution is 2.38. The number of unbranched alkanes of at least 4 members (excludes halogenated alkanes) is 1. The van der Waals surface area contributed by atoms with E-state index in [1.165, 1.54) is 10.9 Å². The topological polar surface area (TPSA) is 303 Å². The van der Waals surface area contributed by atoms with Crippen molar-refractivity contribution < 1.29 is 74.6 Å². The van der Waals surface area contributed by atoms with Crippen LogP contribution in [0.4, 0.5) is 0 Å². The number of hydrogen-bond acceptors (Lipinski definition) is 17.